The van der Waals surface area contributed by atoms with Crippen LogP contribution in [-0.2, 0) is 6.18 Å². The van der Waals surface area contributed by atoms with E-state index in [1.807, 2.05) is 6.07 Å². The number of hydrogen-bond acceptors (Lipinski definition) is 2. The van der Waals surface area contributed by atoms with Gasteiger partial charge in [-0.25, -0.2) is 0 Å². The Morgan fingerprint density at radius 2 is 1.96 bits per heavy atom. The lowest BCUT2D eigenvalue weighted by atomic mass is 9.60. The fourth-order valence-corrected chi connectivity index (χ4v) is 4.31. The number of hydrogen-bond donors (Lipinski definition) is 1. The van der Waals surface area contributed by atoms with Crippen molar-refractivity contribution < 1.29 is 13.2 Å². The van der Waals surface area contributed by atoms with E-state index in [0.717, 1.165) is 37.6 Å². The standard InChI is InChI=1S/C18H25F3N2/c1-23(2)17(7-4-8-22-12-17)16-10-14(11-16)13-5-3-6-15(9-13)18(19,20)21/h3,5-6,9,14,16,22H,4,7-8,10-12H2,1-2H3/t14?,16?,17-/m0/s1. The molecule has 1 heterocycles. The van der Waals surface area contributed by atoms with Crippen LogP contribution in [0.1, 0.15) is 42.7 Å². The second-order valence-corrected chi connectivity index (χ2v) is 7.27. The van der Waals surface area contributed by atoms with Gasteiger partial charge in [0.1, 0.15) is 0 Å². The molecule has 1 saturated carbocycles. The van der Waals surface area contributed by atoms with Gasteiger partial charge >= 0.3 is 6.18 Å². The first-order valence-electron chi connectivity index (χ1n) is 8.38. The van der Waals surface area contributed by atoms with Crippen molar-refractivity contribution in [2.75, 3.05) is 27.2 Å². The minimum atomic E-state index is -4.25. The highest BCUT2D eigenvalue weighted by atomic mass is 19.4. The van der Waals surface area contributed by atoms with E-state index in [1.165, 1.54) is 25.0 Å². The van der Waals surface area contributed by atoms with Crippen molar-refractivity contribution in [2.24, 2.45) is 5.92 Å². The van der Waals surface area contributed by atoms with Crippen molar-refractivity contribution in [3.63, 3.8) is 0 Å². The lowest BCUT2D eigenvalue weighted by Gasteiger charge is -2.54. The molecule has 128 valence electrons. The first kappa shape index (κ1) is 16.8. The number of rotatable bonds is 3. The number of likely N-dealkylation sites (N-methyl/N-ethyl adjacent to an activating group) is 1. The van der Waals surface area contributed by atoms with E-state index in [4.69, 9.17) is 0 Å². The average molecular weight is 326 g/mol. The summed E-state index contributed by atoms with van der Waals surface area (Å²) in [6, 6.07) is 5.88. The third-order valence-corrected chi connectivity index (χ3v) is 5.87. The van der Waals surface area contributed by atoms with Gasteiger partial charge in [0.2, 0.25) is 0 Å². The van der Waals surface area contributed by atoms with E-state index >= 15 is 0 Å². The first-order valence-corrected chi connectivity index (χ1v) is 8.38. The van der Waals surface area contributed by atoms with Gasteiger partial charge in [-0.3, -0.25) is 0 Å². The highest BCUT2D eigenvalue weighted by Gasteiger charge is 2.48. The number of piperidine rings is 1. The average Bonchev–Trinajstić information content (AvgIpc) is 2.46. The molecule has 1 N–H and O–H groups in total. The summed E-state index contributed by atoms with van der Waals surface area (Å²) in [6.07, 6.45) is 0.0650. The molecule has 1 saturated heterocycles. The molecule has 1 aromatic carbocycles. The molecule has 2 fully saturated rings. The monoisotopic (exact) mass is 326 g/mol. The Hall–Kier alpha value is -1.07. The zero-order chi connectivity index (χ0) is 16.7. The quantitative estimate of drug-likeness (QED) is 0.907. The molecule has 0 unspecified atom stereocenters. The van der Waals surface area contributed by atoms with Gasteiger partial charge in [-0.15, -0.1) is 0 Å². The fraction of sp³-hybridized carbons (Fsp3) is 0.667. The van der Waals surface area contributed by atoms with Crippen LogP contribution >= 0.6 is 0 Å². The van der Waals surface area contributed by atoms with Gasteiger partial charge in [0, 0.05) is 12.1 Å². The molecule has 1 atom stereocenters. The lowest BCUT2D eigenvalue weighted by Crippen LogP contribution is -2.61. The Balaban J connectivity index is 1.71. The summed E-state index contributed by atoms with van der Waals surface area (Å²) in [5, 5.41) is 3.50. The van der Waals surface area contributed by atoms with Crippen molar-refractivity contribution in [3.8, 4) is 0 Å². The van der Waals surface area contributed by atoms with Crippen LogP contribution in [0.5, 0.6) is 0 Å². The van der Waals surface area contributed by atoms with E-state index in [0.29, 0.717) is 5.92 Å². The number of halogens is 3. The summed E-state index contributed by atoms with van der Waals surface area (Å²) in [4.78, 5) is 2.33. The van der Waals surface area contributed by atoms with Crippen molar-refractivity contribution in [1.29, 1.82) is 0 Å². The Morgan fingerprint density at radius 1 is 1.22 bits per heavy atom. The number of nitrogens with zero attached hydrogens (tertiary/aromatic N) is 1. The Labute approximate surface area is 136 Å². The van der Waals surface area contributed by atoms with Gasteiger partial charge in [-0.05, 0) is 69.8 Å². The maximum Gasteiger partial charge on any atom is 0.416 e. The molecule has 0 aromatic heterocycles. The Bertz CT molecular complexity index is 541. The van der Waals surface area contributed by atoms with Crippen LogP contribution in [0.2, 0.25) is 0 Å². The zero-order valence-corrected chi connectivity index (χ0v) is 13.8. The predicted octanol–water partition coefficient (Wildman–Crippen LogP) is 3.88. The molecule has 3 rings (SSSR count). The largest absolute Gasteiger partial charge is 0.416 e. The molecular formula is C18H25F3N2. The van der Waals surface area contributed by atoms with E-state index in [-0.39, 0.29) is 11.5 Å². The highest BCUT2D eigenvalue weighted by molar-refractivity contribution is 5.30. The molecule has 2 aliphatic rings. The van der Waals surface area contributed by atoms with E-state index in [1.54, 1.807) is 0 Å². The molecule has 0 bridgehead atoms. The van der Waals surface area contributed by atoms with Crippen molar-refractivity contribution in [1.82, 2.24) is 10.2 Å². The normalized spacial score (nSPS) is 31.9. The smallest absolute Gasteiger partial charge is 0.315 e. The minimum Gasteiger partial charge on any atom is -0.315 e. The molecule has 1 aliphatic heterocycles. The molecular weight excluding hydrogens is 301 g/mol. The third kappa shape index (κ3) is 3.13. The number of nitrogens with one attached hydrogen (secondary N) is 1. The molecule has 2 nitrogen and oxygen atoms in total. The van der Waals surface area contributed by atoms with Crippen LogP contribution in [0.25, 0.3) is 0 Å². The summed E-state index contributed by atoms with van der Waals surface area (Å²) in [6.45, 7) is 2.05. The molecule has 23 heavy (non-hydrogen) atoms. The van der Waals surface area contributed by atoms with Gasteiger partial charge in [-0.2, -0.15) is 13.2 Å². The van der Waals surface area contributed by atoms with Gasteiger partial charge in [0.25, 0.3) is 0 Å². The maximum absolute atomic E-state index is 12.9. The van der Waals surface area contributed by atoms with Crippen LogP contribution in [0.4, 0.5) is 13.2 Å². The molecule has 0 amide bonds. The summed E-state index contributed by atoms with van der Waals surface area (Å²) in [5.41, 5.74) is 0.477. The van der Waals surface area contributed by atoms with E-state index in [2.05, 4.69) is 24.3 Å². The van der Waals surface area contributed by atoms with Crippen LogP contribution in [0, 0.1) is 5.92 Å². The molecule has 0 spiro atoms. The first-order chi connectivity index (χ1) is 10.8. The molecule has 0 radical (unpaired) electrons. The van der Waals surface area contributed by atoms with Crippen molar-refractivity contribution >= 4 is 0 Å². The van der Waals surface area contributed by atoms with Gasteiger partial charge in [0.15, 0.2) is 0 Å². The highest BCUT2D eigenvalue weighted by Crippen LogP contribution is 2.50. The summed E-state index contributed by atoms with van der Waals surface area (Å²) in [7, 11) is 4.26. The van der Waals surface area contributed by atoms with Gasteiger partial charge < -0.3 is 10.2 Å². The van der Waals surface area contributed by atoms with Gasteiger partial charge in [0.05, 0.1) is 5.56 Å². The van der Waals surface area contributed by atoms with Crippen LogP contribution < -0.4 is 5.32 Å². The second kappa shape index (κ2) is 6.10. The number of benzene rings is 1. The van der Waals surface area contributed by atoms with Crippen molar-refractivity contribution in [3.05, 3.63) is 35.4 Å². The lowest BCUT2D eigenvalue weighted by molar-refractivity contribution is -0.137. The zero-order valence-electron chi connectivity index (χ0n) is 13.8. The maximum atomic E-state index is 12.9. The van der Waals surface area contributed by atoms with E-state index in [9.17, 15) is 13.2 Å². The second-order valence-electron chi connectivity index (χ2n) is 7.27. The summed E-state index contributed by atoms with van der Waals surface area (Å²) < 4.78 is 38.6. The SMILES string of the molecule is CN(C)[C@@]1(C2CC(c3cccc(C(F)(F)F)c3)C2)CCCNC1. The summed E-state index contributed by atoms with van der Waals surface area (Å²) >= 11 is 0. The topological polar surface area (TPSA) is 15.3 Å². The number of alkyl halides is 3. The molecule has 1 aliphatic carbocycles. The van der Waals surface area contributed by atoms with Crippen LogP contribution in [0.15, 0.2) is 24.3 Å². The Morgan fingerprint density at radius 3 is 2.52 bits per heavy atom. The summed E-state index contributed by atoms with van der Waals surface area (Å²) in [5.74, 6) is 0.825. The molecule has 5 heteroatoms. The van der Waals surface area contributed by atoms with Crippen molar-refractivity contribution in [2.45, 2.75) is 43.3 Å². The van der Waals surface area contributed by atoms with E-state index < -0.39 is 11.7 Å². The third-order valence-electron chi connectivity index (χ3n) is 5.87. The fourth-order valence-electron chi connectivity index (χ4n) is 4.31. The predicted molar refractivity (Wildman–Crippen MR) is 85.4 cm³/mol. The minimum absolute atomic E-state index is 0.163. The Kier molecular flexibility index (Phi) is 4.45. The molecule has 1 aromatic rings. The van der Waals surface area contributed by atoms with Gasteiger partial charge in [-0.1, -0.05) is 18.2 Å². The van der Waals surface area contributed by atoms with Crippen LogP contribution in [-0.4, -0.2) is 37.6 Å². The van der Waals surface area contributed by atoms with Crippen LogP contribution in [0.3, 0.4) is 0 Å².